The lowest BCUT2D eigenvalue weighted by Gasteiger charge is -2.19. The maximum Gasteiger partial charge on any atom is 0.0760 e. The molecule has 0 radical (unpaired) electrons. The van der Waals surface area contributed by atoms with Crippen LogP contribution in [0.2, 0.25) is 0 Å². The van der Waals surface area contributed by atoms with Crippen molar-refractivity contribution in [2.75, 3.05) is 0 Å². The largest absolute Gasteiger partial charge is 0.138 e. The van der Waals surface area contributed by atoms with Gasteiger partial charge in [0.1, 0.15) is 0 Å². The highest BCUT2D eigenvalue weighted by atomic mass is 32.2. The normalized spacial score (nSPS) is 11.1. The van der Waals surface area contributed by atoms with E-state index in [0.717, 1.165) is 11.5 Å². The van der Waals surface area contributed by atoms with Crippen molar-refractivity contribution < 1.29 is 0 Å². The number of benzene rings is 3. The Labute approximate surface area is 166 Å². The van der Waals surface area contributed by atoms with E-state index in [1.54, 1.807) is 0 Å². The molecule has 0 saturated heterocycles. The van der Waals surface area contributed by atoms with Gasteiger partial charge in [-0.05, 0) is 43.0 Å². The number of hydrogen-bond acceptors (Lipinski definition) is 2. The number of hydrogen-bond donors (Lipinski definition) is 0. The van der Waals surface area contributed by atoms with Crippen molar-refractivity contribution in [2.24, 2.45) is 0 Å². The molecule has 0 aliphatic heterocycles. The van der Waals surface area contributed by atoms with Gasteiger partial charge in [-0.2, -0.15) is 0 Å². The Morgan fingerprint density at radius 3 is 1.69 bits per heavy atom. The predicted octanol–water partition coefficient (Wildman–Crippen LogP) is 7.48. The molecular weight excluding hydrogens is 352 g/mol. The molecule has 134 valence electrons. The Bertz CT molecular complexity index is 805. The van der Waals surface area contributed by atoms with Crippen LogP contribution in [0.1, 0.15) is 38.0 Å². The predicted molar refractivity (Wildman–Crippen MR) is 119 cm³/mol. The molecule has 0 unspecified atom stereocenters. The van der Waals surface area contributed by atoms with Gasteiger partial charge in [0.25, 0.3) is 0 Å². The first-order chi connectivity index (χ1) is 12.6. The second kappa shape index (κ2) is 9.34. The quantitative estimate of drug-likeness (QED) is 0.391. The minimum absolute atomic E-state index is 0.442. The van der Waals surface area contributed by atoms with Gasteiger partial charge in [0.05, 0.1) is 4.58 Å². The summed E-state index contributed by atoms with van der Waals surface area (Å²) in [5, 5.41) is 0. The number of aryl methyl sites for hydroxylation is 3. The van der Waals surface area contributed by atoms with Crippen molar-refractivity contribution >= 4 is 23.5 Å². The van der Waals surface area contributed by atoms with E-state index in [-0.39, 0.29) is 0 Å². The summed E-state index contributed by atoms with van der Waals surface area (Å²) in [7, 11) is 0. The summed E-state index contributed by atoms with van der Waals surface area (Å²) >= 11 is 4.07. The first-order valence-corrected chi connectivity index (χ1v) is 11.1. The van der Waals surface area contributed by atoms with E-state index in [9.17, 15) is 0 Å². The van der Waals surface area contributed by atoms with E-state index < -0.39 is 0 Å². The molecule has 0 bridgehead atoms. The van der Waals surface area contributed by atoms with Crippen LogP contribution in [0.25, 0.3) is 0 Å². The first-order valence-electron chi connectivity index (χ1n) is 9.01. The fourth-order valence-electron chi connectivity index (χ4n) is 3.03. The zero-order valence-corrected chi connectivity index (χ0v) is 17.4. The standard InChI is InChI=1S/C24H26S2/c1-18-8-6-11-21(14-18)16-25-24(23-13-5-4-10-20(23)3)26-17-22-12-7-9-19(2)15-22/h4-15,24H,16-17H2,1-3H3. The van der Waals surface area contributed by atoms with Gasteiger partial charge in [0.15, 0.2) is 0 Å². The van der Waals surface area contributed by atoms with Crippen LogP contribution >= 0.6 is 23.5 Å². The van der Waals surface area contributed by atoms with Crippen LogP contribution < -0.4 is 0 Å². The molecule has 0 fully saturated rings. The van der Waals surface area contributed by atoms with Gasteiger partial charge in [-0.3, -0.25) is 0 Å². The summed E-state index contributed by atoms with van der Waals surface area (Å²) < 4.78 is 0.442. The Morgan fingerprint density at radius 2 is 1.19 bits per heavy atom. The number of thioether (sulfide) groups is 2. The van der Waals surface area contributed by atoms with Gasteiger partial charge in [-0.1, -0.05) is 83.9 Å². The lowest BCUT2D eigenvalue weighted by molar-refractivity contribution is 1.26. The third kappa shape index (κ3) is 5.43. The van der Waals surface area contributed by atoms with E-state index in [4.69, 9.17) is 0 Å². The summed E-state index contributed by atoms with van der Waals surface area (Å²) in [6.45, 7) is 6.56. The van der Waals surface area contributed by atoms with Crippen LogP contribution in [0.15, 0.2) is 72.8 Å². The highest BCUT2D eigenvalue weighted by Gasteiger charge is 2.15. The average molecular weight is 379 g/mol. The summed E-state index contributed by atoms with van der Waals surface area (Å²) in [5.41, 5.74) is 8.31. The van der Waals surface area contributed by atoms with Crippen LogP contribution in [0.4, 0.5) is 0 Å². The molecule has 3 aromatic carbocycles. The third-order valence-corrected chi connectivity index (χ3v) is 7.34. The van der Waals surface area contributed by atoms with Crippen LogP contribution in [0.5, 0.6) is 0 Å². The van der Waals surface area contributed by atoms with Crippen LogP contribution in [0, 0.1) is 20.8 Å². The molecule has 0 aliphatic rings. The SMILES string of the molecule is Cc1cccc(CSC(SCc2cccc(C)c2)c2ccccc2C)c1. The zero-order chi connectivity index (χ0) is 18.4. The average Bonchev–Trinajstić information content (AvgIpc) is 2.63. The summed E-state index contributed by atoms with van der Waals surface area (Å²) in [6.07, 6.45) is 0. The molecule has 0 nitrogen and oxygen atoms in total. The molecular formula is C24H26S2. The van der Waals surface area contributed by atoms with Crippen LogP contribution in [-0.2, 0) is 11.5 Å². The first kappa shape index (κ1) is 19.1. The highest BCUT2D eigenvalue weighted by Crippen LogP contribution is 2.43. The molecule has 0 N–H and O–H groups in total. The van der Waals surface area contributed by atoms with Crippen molar-refractivity contribution in [1.29, 1.82) is 0 Å². The summed E-state index contributed by atoms with van der Waals surface area (Å²) in [5.74, 6) is 2.09. The molecule has 3 rings (SSSR count). The van der Waals surface area contributed by atoms with Crippen molar-refractivity contribution in [3.8, 4) is 0 Å². The topological polar surface area (TPSA) is 0 Å². The van der Waals surface area contributed by atoms with E-state index in [1.807, 2.05) is 23.5 Å². The van der Waals surface area contributed by atoms with E-state index in [0.29, 0.717) is 4.58 Å². The molecule has 0 aromatic heterocycles. The monoisotopic (exact) mass is 378 g/mol. The fourth-order valence-corrected chi connectivity index (χ4v) is 5.75. The highest BCUT2D eigenvalue weighted by molar-refractivity contribution is 8.15. The second-order valence-electron chi connectivity index (χ2n) is 6.79. The van der Waals surface area contributed by atoms with Crippen LogP contribution in [0.3, 0.4) is 0 Å². The molecule has 0 atom stereocenters. The molecule has 0 spiro atoms. The minimum Gasteiger partial charge on any atom is -0.138 e. The van der Waals surface area contributed by atoms with Gasteiger partial charge in [-0.15, -0.1) is 23.5 Å². The lowest BCUT2D eigenvalue weighted by Crippen LogP contribution is -1.96. The molecule has 0 amide bonds. The molecule has 2 heteroatoms. The maximum absolute atomic E-state index is 2.30. The molecule has 0 aliphatic carbocycles. The zero-order valence-electron chi connectivity index (χ0n) is 15.7. The summed E-state index contributed by atoms with van der Waals surface area (Å²) in [4.78, 5) is 0. The summed E-state index contributed by atoms with van der Waals surface area (Å²) in [6, 6.07) is 26.5. The van der Waals surface area contributed by atoms with E-state index >= 15 is 0 Å². The third-order valence-electron chi connectivity index (χ3n) is 4.41. The molecule has 26 heavy (non-hydrogen) atoms. The van der Waals surface area contributed by atoms with Gasteiger partial charge in [0.2, 0.25) is 0 Å². The second-order valence-corrected chi connectivity index (χ2v) is 9.27. The molecule has 0 saturated carbocycles. The minimum atomic E-state index is 0.442. The maximum atomic E-state index is 2.30. The van der Waals surface area contributed by atoms with Crippen LogP contribution in [-0.4, -0.2) is 0 Å². The van der Waals surface area contributed by atoms with Gasteiger partial charge in [-0.25, -0.2) is 0 Å². The van der Waals surface area contributed by atoms with Crippen molar-refractivity contribution in [3.63, 3.8) is 0 Å². The van der Waals surface area contributed by atoms with Gasteiger partial charge >= 0.3 is 0 Å². The van der Waals surface area contributed by atoms with Gasteiger partial charge in [0, 0.05) is 11.5 Å². The number of rotatable bonds is 7. The molecule has 3 aromatic rings. The smallest absolute Gasteiger partial charge is 0.0760 e. The van der Waals surface area contributed by atoms with E-state index in [1.165, 1.54) is 33.4 Å². The van der Waals surface area contributed by atoms with Gasteiger partial charge < -0.3 is 0 Å². The lowest BCUT2D eigenvalue weighted by atomic mass is 10.1. The van der Waals surface area contributed by atoms with Crippen molar-refractivity contribution in [3.05, 3.63) is 106 Å². The Kier molecular flexibility index (Phi) is 6.87. The Morgan fingerprint density at radius 1 is 0.654 bits per heavy atom. The van der Waals surface area contributed by atoms with Crippen molar-refractivity contribution in [2.45, 2.75) is 36.9 Å². The van der Waals surface area contributed by atoms with Crippen molar-refractivity contribution in [1.82, 2.24) is 0 Å². The Balaban J connectivity index is 1.74. The van der Waals surface area contributed by atoms with E-state index in [2.05, 4.69) is 93.6 Å². The fraction of sp³-hybridized carbons (Fsp3) is 0.250. The molecule has 0 heterocycles. The Hall–Kier alpha value is -1.64.